The van der Waals surface area contributed by atoms with Crippen molar-refractivity contribution in [1.82, 2.24) is 4.57 Å². The Kier molecular flexibility index (Phi) is 6.57. The lowest BCUT2D eigenvalue weighted by Gasteiger charge is -2.33. The average Bonchev–Trinajstić information content (AvgIpc) is 3.68. The van der Waals surface area contributed by atoms with Crippen molar-refractivity contribution in [3.05, 3.63) is 173 Å². The molecule has 0 amide bonds. The van der Waals surface area contributed by atoms with Gasteiger partial charge in [0.05, 0.1) is 17.1 Å². The van der Waals surface area contributed by atoms with E-state index in [9.17, 15) is 0 Å². The molecule has 0 spiro atoms. The van der Waals surface area contributed by atoms with Gasteiger partial charge < -0.3 is 9.47 Å². The average molecular weight is 621 g/mol. The van der Waals surface area contributed by atoms with Crippen molar-refractivity contribution < 1.29 is 0 Å². The molecule has 48 heavy (non-hydrogen) atoms. The summed E-state index contributed by atoms with van der Waals surface area (Å²) in [5.74, 6) is 0.329. The van der Waals surface area contributed by atoms with E-state index < -0.39 is 0 Å². The summed E-state index contributed by atoms with van der Waals surface area (Å²) in [4.78, 5) is 2.68. The highest BCUT2D eigenvalue weighted by Crippen LogP contribution is 2.52. The summed E-state index contributed by atoms with van der Waals surface area (Å²) in [6.45, 7) is 0. The molecule has 0 saturated heterocycles. The summed E-state index contributed by atoms with van der Waals surface area (Å²) in [7, 11) is 0. The Balaban J connectivity index is 1.08. The molecule has 0 bridgehead atoms. The van der Waals surface area contributed by atoms with Gasteiger partial charge >= 0.3 is 0 Å². The number of anilines is 1. The van der Waals surface area contributed by atoms with Crippen LogP contribution < -0.4 is 4.90 Å². The van der Waals surface area contributed by atoms with Crippen LogP contribution in [0.25, 0.3) is 33.1 Å². The molecule has 3 aromatic carbocycles. The number of fused-ring (bicyclic) bond motifs is 7. The van der Waals surface area contributed by atoms with Crippen molar-refractivity contribution in [2.24, 2.45) is 0 Å². The van der Waals surface area contributed by atoms with Crippen LogP contribution in [-0.2, 0) is 0 Å². The lowest BCUT2D eigenvalue weighted by Crippen LogP contribution is -2.32. The number of allylic oxidation sites excluding steroid dienone is 16. The van der Waals surface area contributed by atoms with Crippen LogP contribution in [0.2, 0.25) is 0 Å². The number of para-hydroxylation sites is 1. The highest BCUT2D eigenvalue weighted by atomic mass is 15.2. The number of benzene rings is 3. The molecule has 0 N–H and O–H groups in total. The van der Waals surface area contributed by atoms with Crippen molar-refractivity contribution >= 4 is 38.8 Å². The van der Waals surface area contributed by atoms with Crippen LogP contribution in [0.15, 0.2) is 162 Å². The van der Waals surface area contributed by atoms with Gasteiger partial charge in [0, 0.05) is 33.8 Å². The maximum atomic E-state index is 2.68. The van der Waals surface area contributed by atoms with Crippen LogP contribution in [0.3, 0.4) is 0 Å². The Bertz CT molecular complexity index is 2290. The van der Waals surface area contributed by atoms with Crippen LogP contribution in [0, 0.1) is 0 Å². The van der Waals surface area contributed by atoms with Crippen LogP contribution in [0.4, 0.5) is 5.69 Å². The van der Waals surface area contributed by atoms with Crippen molar-refractivity contribution in [3.8, 4) is 0 Å². The molecular weight excluding hydrogens is 581 g/mol. The van der Waals surface area contributed by atoms with E-state index in [-0.39, 0.29) is 0 Å². The summed E-state index contributed by atoms with van der Waals surface area (Å²) in [5.41, 5.74) is 17.3. The first-order valence-corrected chi connectivity index (χ1v) is 18.0. The summed E-state index contributed by atoms with van der Waals surface area (Å²) in [5, 5.41) is 2.78. The number of aromatic nitrogens is 1. The molecule has 4 aromatic rings. The second kappa shape index (κ2) is 11.3. The van der Waals surface area contributed by atoms with E-state index in [2.05, 4.69) is 143 Å². The molecule has 234 valence electrons. The molecule has 2 nitrogen and oxygen atoms in total. The van der Waals surface area contributed by atoms with Crippen LogP contribution in [-0.4, -0.2) is 10.6 Å². The highest BCUT2D eigenvalue weighted by Gasteiger charge is 2.40. The molecule has 1 aromatic heterocycles. The van der Waals surface area contributed by atoms with E-state index in [1.807, 2.05) is 0 Å². The van der Waals surface area contributed by atoms with E-state index in [1.165, 1.54) is 81.3 Å². The molecule has 0 radical (unpaired) electrons. The maximum absolute atomic E-state index is 2.68. The Morgan fingerprint density at radius 3 is 2.25 bits per heavy atom. The molecule has 10 rings (SSSR count). The molecule has 1 aliphatic heterocycles. The molecule has 0 fully saturated rings. The number of rotatable bonds is 4. The standard InChI is InChI=1S/C46H40N2/c1-2-10-31(11-3-1)33-20-24-37(25-21-33)47-41-16-8-6-14-39(41)45-43(47)28-29-44-46(45)40-15-7-9-17-42(40)48(44)38-26-22-34(23-27-38)36-19-18-32-12-4-5-13-35(32)30-36/h1-4,6-12,14-17,20,22,24,26,28-30,40,42H,5,13,18-19,21,23,25,27H2. The molecule has 6 aliphatic rings. The summed E-state index contributed by atoms with van der Waals surface area (Å²) < 4.78 is 2.55. The number of nitrogens with zero attached hydrogens (tertiary/aromatic N) is 2. The predicted molar refractivity (Wildman–Crippen MR) is 203 cm³/mol. The largest absolute Gasteiger partial charge is 0.337 e. The third-order valence-electron chi connectivity index (χ3n) is 11.6. The smallest absolute Gasteiger partial charge is 0.0626 e. The number of hydrogen-bond donors (Lipinski definition) is 0. The zero-order chi connectivity index (χ0) is 31.6. The SMILES string of the molecule is C1=CC2c3c(ccc4c3c3ccccc3n4C3=CC=C(c4ccccc4)CC3)N(C3=CC=C(C4=CC5=C(C=CCC5)CC4)CC3)C2C=C1. The van der Waals surface area contributed by atoms with Gasteiger partial charge in [0.15, 0.2) is 0 Å². The Hall–Kier alpha value is -5.08. The third kappa shape index (κ3) is 4.39. The zero-order valence-corrected chi connectivity index (χ0v) is 27.4. The Morgan fingerprint density at radius 2 is 1.38 bits per heavy atom. The summed E-state index contributed by atoms with van der Waals surface area (Å²) in [6, 6.07) is 25.1. The lowest BCUT2D eigenvalue weighted by atomic mass is 9.82. The minimum atomic E-state index is 0.305. The first kappa shape index (κ1) is 28.0. The van der Waals surface area contributed by atoms with Gasteiger partial charge in [-0.1, -0.05) is 103 Å². The van der Waals surface area contributed by atoms with Gasteiger partial charge in [-0.15, -0.1) is 0 Å². The topological polar surface area (TPSA) is 8.17 Å². The fourth-order valence-electron chi connectivity index (χ4n) is 9.29. The van der Waals surface area contributed by atoms with Crippen LogP contribution >= 0.6 is 0 Å². The normalized spacial score (nSPS) is 23.0. The minimum Gasteiger partial charge on any atom is -0.337 e. The monoisotopic (exact) mass is 620 g/mol. The zero-order valence-electron chi connectivity index (χ0n) is 27.4. The molecule has 5 aliphatic carbocycles. The van der Waals surface area contributed by atoms with Gasteiger partial charge in [0.2, 0.25) is 0 Å². The van der Waals surface area contributed by atoms with E-state index in [1.54, 1.807) is 22.3 Å². The maximum Gasteiger partial charge on any atom is 0.0626 e. The molecular formula is C46H40N2. The van der Waals surface area contributed by atoms with E-state index in [4.69, 9.17) is 0 Å². The van der Waals surface area contributed by atoms with Gasteiger partial charge in [-0.05, 0) is 121 Å². The predicted octanol–water partition coefficient (Wildman–Crippen LogP) is 11.9. The summed E-state index contributed by atoms with van der Waals surface area (Å²) >= 11 is 0. The molecule has 0 saturated carbocycles. The van der Waals surface area contributed by atoms with Crippen LogP contribution in [0.5, 0.6) is 0 Å². The van der Waals surface area contributed by atoms with Gasteiger partial charge in [-0.2, -0.15) is 0 Å². The first-order valence-electron chi connectivity index (χ1n) is 18.0. The second-order valence-electron chi connectivity index (χ2n) is 14.1. The molecule has 2 atom stereocenters. The third-order valence-corrected chi connectivity index (χ3v) is 11.6. The number of hydrogen-bond acceptors (Lipinski definition) is 1. The van der Waals surface area contributed by atoms with Gasteiger partial charge in [0.25, 0.3) is 0 Å². The second-order valence-corrected chi connectivity index (χ2v) is 14.1. The van der Waals surface area contributed by atoms with Gasteiger partial charge in [-0.3, -0.25) is 0 Å². The van der Waals surface area contributed by atoms with E-state index in [0.29, 0.717) is 12.0 Å². The Morgan fingerprint density at radius 1 is 0.583 bits per heavy atom. The van der Waals surface area contributed by atoms with Crippen molar-refractivity contribution in [2.75, 3.05) is 4.90 Å². The van der Waals surface area contributed by atoms with Crippen molar-refractivity contribution in [2.45, 2.75) is 63.3 Å². The van der Waals surface area contributed by atoms with Crippen molar-refractivity contribution in [1.29, 1.82) is 0 Å². The molecule has 2 heterocycles. The minimum absolute atomic E-state index is 0.305. The molecule has 2 heteroatoms. The van der Waals surface area contributed by atoms with Gasteiger partial charge in [0.1, 0.15) is 0 Å². The fraction of sp³-hybridized carbons (Fsp3) is 0.217. The quantitative estimate of drug-likeness (QED) is 0.220. The summed E-state index contributed by atoms with van der Waals surface area (Å²) in [6.07, 6.45) is 35.3. The first-order chi connectivity index (χ1) is 23.8. The Labute approximate surface area is 283 Å². The van der Waals surface area contributed by atoms with Crippen molar-refractivity contribution in [3.63, 3.8) is 0 Å². The molecule has 2 unspecified atom stereocenters. The van der Waals surface area contributed by atoms with E-state index >= 15 is 0 Å². The lowest BCUT2D eigenvalue weighted by molar-refractivity contribution is 0.697. The fourth-order valence-corrected chi connectivity index (χ4v) is 9.29. The van der Waals surface area contributed by atoms with Gasteiger partial charge in [-0.25, -0.2) is 0 Å². The highest BCUT2D eigenvalue weighted by molar-refractivity contribution is 6.14. The van der Waals surface area contributed by atoms with E-state index in [0.717, 1.165) is 25.7 Å². The van der Waals surface area contributed by atoms with Crippen LogP contribution in [0.1, 0.15) is 68.4 Å².